The largest absolute Gasteiger partial charge is 0.496 e. The van der Waals surface area contributed by atoms with Gasteiger partial charge in [0.15, 0.2) is 15.8 Å². The van der Waals surface area contributed by atoms with Crippen LogP contribution in [0, 0.1) is 5.92 Å². The van der Waals surface area contributed by atoms with Crippen molar-refractivity contribution in [1.29, 1.82) is 0 Å². The van der Waals surface area contributed by atoms with Gasteiger partial charge in [0.05, 0.1) is 18.6 Å². The number of benzene rings is 1. The van der Waals surface area contributed by atoms with E-state index in [2.05, 4.69) is 15.6 Å². The number of hydrogen-bond donors (Lipinski definition) is 2. The molecule has 130 valence electrons. The molecule has 8 heteroatoms. The van der Waals surface area contributed by atoms with Gasteiger partial charge in [-0.15, -0.1) is 24.0 Å². The molecule has 0 spiro atoms. The summed E-state index contributed by atoms with van der Waals surface area (Å²) in [5.74, 6) is 2.22. The third-order valence-electron chi connectivity index (χ3n) is 3.75. The average Bonchev–Trinajstić information content (AvgIpc) is 2.87. The van der Waals surface area contributed by atoms with Crippen LogP contribution in [0.1, 0.15) is 12.0 Å². The van der Waals surface area contributed by atoms with E-state index in [-0.39, 0.29) is 35.6 Å². The van der Waals surface area contributed by atoms with Crippen LogP contribution in [0.5, 0.6) is 5.75 Å². The standard InChI is InChI=1S/C15H23N3O3S.HI/c1-16-15(17-9-12-7-8-22(19,20)11-12)18-10-13-5-3-4-6-14(13)21-2;/h3-6,12H,7-11H2,1-2H3,(H2,16,17,18);1H. The van der Waals surface area contributed by atoms with E-state index < -0.39 is 9.84 Å². The molecule has 0 bridgehead atoms. The number of ether oxygens (including phenoxy) is 1. The van der Waals surface area contributed by atoms with Crippen LogP contribution < -0.4 is 15.4 Å². The van der Waals surface area contributed by atoms with Crippen LogP contribution in [0.3, 0.4) is 0 Å². The molecule has 0 aromatic heterocycles. The van der Waals surface area contributed by atoms with E-state index in [0.29, 0.717) is 24.8 Å². The number of para-hydroxylation sites is 1. The quantitative estimate of drug-likeness (QED) is 0.401. The zero-order valence-electron chi connectivity index (χ0n) is 13.4. The summed E-state index contributed by atoms with van der Waals surface area (Å²) in [4.78, 5) is 4.16. The number of methoxy groups -OCH3 is 1. The molecule has 1 heterocycles. The van der Waals surface area contributed by atoms with Gasteiger partial charge in [0, 0.05) is 25.7 Å². The van der Waals surface area contributed by atoms with E-state index in [1.807, 2.05) is 24.3 Å². The molecule has 2 N–H and O–H groups in total. The predicted octanol–water partition coefficient (Wildman–Crippen LogP) is 1.41. The van der Waals surface area contributed by atoms with Gasteiger partial charge in [0.25, 0.3) is 0 Å². The normalized spacial score (nSPS) is 19.7. The van der Waals surface area contributed by atoms with Crippen LogP contribution in [0.25, 0.3) is 0 Å². The Morgan fingerprint density at radius 3 is 2.70 bits per heavy atom. The minimum absolute atomic E-state index is 0. The topological polar surface area (TPSA) is 79.8 Å². The van der Waals surface area contributed by atoms with Gasteiger partial charge in [-0.05, 0) is 18.4 Å². The fourth-order valence-corrected chi connectivity index (χ4v) is 4.38. The van der Waals surface area contributed by atoms with E-state index in [1.165, 1.54) is 0 Å². The number of aliphatic imine (C=N–C) groups is 1. The van der Waals surface area contributed by atoms with Crippen molar-refractivity contribution < 1.29 is 13.2 Å². The molecule has 1 aromatic carbocycles. The van der Waals surface area contributed by atoms with Crippen LogP contribution >= 0.6 is 24.0 Å². The van der Waals surface area contributed by atoms with Crippen LogP contribution in [-0.4, -0.2) is 46.6 Å². The van der Waals surface area contributed by atoms with Crippen LogP contribution in [0.4, 0.5) is 0 Å². The lowest BCUT2D eigenvalue weighted by Gasteiger charge is -2.15. The van der Waals surface area contributed by atoms with Gasteiger partial charge in [-0.25, -0.2) is 8.42 Å². The Kier molecular flexibility index (Phi) is 8.10. The second kappa shape index (κ2) is 9.31. The lowest BCUT2D eigenvalue weighted by Crippen LogP contribution is -2.39. The van der Waals surface area contributed by atoms with E-state index in [1.54, 1.807) is 14.2 Å². The number of nitrogens with zero attached hydrogens (tertiary/aromatic N) is 1. The lowest BCUT2D eigenvalue weighted by molar-refractivity contribution is 0.409. The highest BCUT2D eigenvalue weighted by Gasteiger charge is 2.27. The van der Waals surface area contributed by atoms with Crippen molar-refractivity contribution in [3.8, 4) is 5.75 Å². The van der Waals surface area contributed by atoms with E-state index in [0.717, 1.165) is 17.7 Å². The second-order valence-electron chi connectivity index (χ2n) is 5.39. The molecule has 23 heavy (non-hydrogen) atoms. The smallest absolute Gasteiger partial charge is 0.191 e. The van der Waals surface area contributed by atoms with Gasteiger partial charge < -0.3 is 15.4 Å². The zero-order valence-corrected chi connectivity index (χ0v) is 16.6. The third-order valence-corrected chi connectivity index (χ3v) is 5.58. The maximum atomic E-state index is 11.4. The number of hydrogen-bond acceptors (Lipinski definition) is 4. The Bertz CT molecular complexity index is 635. The average molecular weight is 453 g/mol. The highest BCUT2D eigenvalue weighted by Crippen LogP contribution is 2.18. The van der Waals surface area contributed by atoms with Crippen LogP contribution in [0.2, 0.25) is 0 Å². The first kappa shape index (κ1) is 20.0. The summed E-state index contributed by atoms with van der Waals surface area (Å²) in [7, 11) is 0.511. The maximum Gasteiger partial charge on any atom is 0.191 e. The fourth-order valence-electron chi connectivity index (χ4n) is 2.52. The van der Waals surface area contributed by atoms with Crippen LogP contribution in [0.15, 0.2) is 29.3 Å². The van der Waals surface area contributed by atoms with Crippen molar-refractivity contribution in [2.24, 2.45) is 10.9 Å². The molecule has 2 rings (SSSR count). The van der Waals surface area contributed by atoms with Gasteiger partial charge in [-0.3, -0.25) is 4.99 Å². The summed E-state index contributed by atoms with van der Waals surface area (Å²) in [6, 6.07) is 7.79. The molecule has 1 saturated heterocycles. The molecular formula is C15H24IN3O3S. The van der Waals surface area contributed by atoms with Gasteiger partial charge in [0.1, 0.15) is 5.75 Å². The Morgan fingerprint density at radius 2 is 2.09 bits per heavy atom. The molecule has 1 fully saturated rings. The molecule has 1 unspecified atom stereocenters. The van der Waals surface area contributed by atoms with Crippen molar-refractivity contribution in [3.05, 3.63) is 29.8 Å². The van der Waals surface area contributed by atoms with Gasteiger partial charge in [0.2, 0.25) is 0 Å². The first-order valence-corrected chi connectivity index (χ1v) is 9.13. The molecular weight excluding hydrogens is 429 g/mol. The molecule has 0 radical (unpaired) electrons. The second-order valence-corrected chi connectivity index (χ2v) is 7.62. The summed E-state index contributed by atoms with van der Waals surface area (Å²) < 4.78 is 28.2. The summed E-state index contributed by atoms with van der Waals surface area (Å²) in [5, 5.41) is 6.41. The minimum atomic E-state index is -2.83. The number of halogens is 1. The highest BCUT2D eigenvalue weighted by atomic mass is 127. The summed E-state index contributed by atoms with van der Waals surface area (Å²) in [6.07, 6.45) is 0.721. The molecule has 6 nitrogen and oxygen atoms in total. The first-order chi connectivity index (χ1) is 10.5. The molecule has 0 amide bonds. The monoisotopic (exact) mass is 453 g/mol. The minimum Gasteiger partial charge on any atom is -0.496 e. The molecule has 0 aliphatic carbocycles. The molecule has 1 aliphatic rings. The summed E-state index contributed by atoms with van der Waals surface area (Å²) in [6.45, 7) is 1.21. The zero-order chi connectivity index (χ0) is 16.0. The molecule has 1 aliphatic heterocycles. The van der Waals surface area contributed by atoms with Gasteiger partial charge in [-0.1, -0.05) is 18.2 Å². The lowest BCUT2D eigenvalue weighted by atomic mass is 10.1. The van der Waals surface area contributed by atoms with Crippen molar-refractivity contribution in [1.82, 2.24) is 10.6 Å². The van der Waals surface area contributed by atoms with E-state index in [4.69, 9.17) is 4.74 Å². The van der Waals surface area contributed by atoms with Crippen molar-refractivity contribution in [3.63, 3.8) is 0 Å². The number of sulfone groups is 1. The van der Waals surface area contributed by atoms with Crippen molar-refractivity contribution in [2.45, 2.75) is 13.0 Å². The molecule has 0 saturated carbocycles. The van der Waals surface area contributed by atoms with Crippen LogP contribution in [-0.2, 0) is 16.4 Å². The summed E-state index contributed by atoms with van der Waals surface area (Å²) in [5.41, 5.74) is 1.04. The Labute approximate surface area is 155 Å². The maximum absolute atomic E-state index is 11.4. The number of rotatable bonds is 5. The highest BCUT2D eigenvalue weighted by molar-refractivity contribution is 14.0. The predicted molar refractivity (Wildman–Crippen MR) is 103 cm³/mol. The Hall–Kier alpha value is -1.03. The molecule has 1 aromatic rings. The Morgan fingerprint density at radius 1 is 1.35 bits per heavy atom. The number of guanidine groups is 1. The molecule has 1 atom stereocenters. The van der Waals surface area contributed by atoms with E-state index in [9.17, 15) is 8.42 Å². The Balaban J connectivity index is 0.00000264. The first-order valence-electron chi connectivity index (χ1n) is 7.31. The third kappa shape index (κ3) is 6.17. The number of nitrogens with one attached hydrogen (secondary N) is 2. The van der Waals surface area contributed by atoms with E-state index >= 15 is 0 Å². The van der Waals surface area contributed by atoms with Crippen molar-refractivity contribution in [2.75, 3.05) is 32.2 Å². The van der Waals surface area contributed by atoms with Gasteiger partial charge in [-0.2, -0.15) is 0 Å². The SMILES string of the molecule is CN=C(NCc1ccccc1OC)NCC1CCS(=O)(=O)C1.I. The van der Waals surface area contributed by atoms with Crippen molar-refractivity contribution >= 4 is 39.8 Å². The summed E-state index contributed by atoms with van der Waals surface area (Å²) >= 11 is 0. The fraction of sp³-hybridized carbons (Fsp3) is 0.533. The van der Waals surface area contributed by atoms with Gasteiger partial charge >= 0.3 is 0 Å².